The van der Waals surface area contributed by atoms with Gasteiger partial charge in [-0.1, -0.05) is 53.5 Å². The molecule has 2 aromatic rings. The van der Waals surface area contributed by atoms with Gasteiger partial charge in [-0.05, 0) is 42.7 Å². The first-order valence-electron chi connectivity index (χ1n) is 8.90. The molecule has 0 aliphatic heterocycles. The van der Waals surface area contributed by atoms with E-state index in [2.05, 4.69) is 5.32 Å². The lowest BCUT2D eigenvalue weighted by atomic mass is 10.1. The molecule has 0 aromatic heterocycles. The van der Waals surface area contributed by atoms with Crippen molar-refractivity contribution in [1.29, 1.82) is 0 Å². The van der Waals surface area contributed by atoms with Crippen LogP contribution in [0.3, 0.4) is 0 Å². The second-order valence-corrected chi connectivity index (χ2v) is 8.30. The Morgan fingerprint density at radius 1 is 1.14 bits per heavy atom. The van der Waals surface area contributed by atoms with Crippen LogP contribution in [-0.2, 0) is 21.9 Å². The molecular formula is C21H24Cl2N2O2S. The van der Waals surface area contributed by atoms with Crippen LogP contribution >= 0.6 is 35.0 Å². The lowest BCUT2D eigenvalue weighted by Crippen LogP contribution is -2.47. The minimum absolute atomic E-state index is 0.0885. The van der Waals surface area contributed by atoms with E-state index in [9.17, 15) is 9.59 Å². The molecule has 0 heterocycles. The number of benzene rings is 2. The van der Waals surface area contributed by atoms with Gasteiger partial charge in [0.1, 0.15) is 6.04 Å². The van der Waals surface area contributed by atoms with E-state index in [0.29, 0.717) is 22.3 Å². The molecule has 0 fully saturated rings. The first-order chi connectivity index (χ1) is 13.3. The van der Waals surface area contributed by atoms with E-state index in [4.69, 9.17) is 23.2 Å². The fourth-order valence-electron chi connectivity index (χ4n) is 2.73. The summed E-state index contributed by atoms with van der Waals surface area (Å²) in [5.74, 6) is 0.572. The third-order valence-electron chi connectivity index (χ3n) is 4.51. The van der Waals surface area contributed by atoms with Gasteiger partial charge in [0, 0.05) is 29.4 Å². The predicted octanol–water partition coefficient (Wildman–Crippen LogP) is 4.70. The summed E-state index contributed by atoms with van der Waals surface area (Å²) >= 11 is 13.6. The Labute approximate surface area is 180 Å². The van der Waals surface area contributed by atoms with Gasteiger partial charge >= 0.3 is 0 Å². The van der Waals surface area contributed by atoms with Crippen LogP contribution in [0.15, 0.2) is 42.5 Å². The third-order valence-corrected chi connectivity index (χ3v) is 6.07. The summed E-state index contributed by atoms with van der Waals surface area (Å²) in [6.07, 6.45) is 0. The van der Waals surface area contributed by atoms with Crippen molar-refractivity contribution in [3.8, 4) is 0 Å². The van der Waals surface area contributed by atoms with Crippen LogP contribution in [0.5, 0.6) is 0 Å². The number of thioether (sulfide) groups is 1. The number of likely N-dealkylation sites (N-methyl/N-ethyl adjacent to an activating group) is 1. The molecule has 7 heteroatoms. The monoisotopic (exact) mass is 438 g/mol. The first kappa shape index (κ1) is 22.6. The number of hydrogen-bond donors (Lipinski definition) is 1. The molecule has 0 saturated heterocycles. The summed E-state index contributed by atoms with van der Waals surface area (Å²) in [6.45, 7) is 4.14. The maximum atomic E-state index is 12.9. The van der Waals surface area contributed by atoms with Crippen molar-refractivity contribution < 1.29 is 9.59 Å². The molecule has 0 radical (unpaired) electrons. The smallest absolute Gasteiger partial charge is 0.242 e. The molecule has 2 aromatic carbocycles. The van der Waals surface area contributed by atoms with Crippen LogP contribution in [0.25, 0.3) is 0 Å². The molecule has 1 N–H and O–H groups in total. The second kappa shape index (κ2) is 10.7. The Morgan fingerprint density at radius 3 is 2.50 bits per heavy atom. The Kier molecular flexibility index (Phi) is 8.67. The van der Waals surface area contributed by atoms with Crippen molar-refractivity contribution >= 4 is 46.8 Å². The van der Waals surface area contributed by atoms with Crippen molar-refractivity contribution in [1.82, 2.24) is 10.2 Å². The maximum Gasteiger partial charge on any atom is 0.242 e. The van der Waals surface area contributed by atoms with Crippen molar-refractivity contribution in [3.63, 3.8) is 0 Å². The summed E-state index contributed by atoms with van der Waals surface area (Å²) in [6, 6.07) is 12.7. The van der Waals surface area contributed by atoms with Gasteiger partial charge in [-0.2, -0.15) is 0 Å². The summed E-state index contributed by atoms with van der Waals surface area (Å²) < 4.78 is 0. The van der Waals surface area contributed by atoms with Gasteiger partial charge in [0.2, 0.25) is 11.8 Å². The number of rotatable bonds is 8. The van der Waals surface area contributed by atoms with E-state index < -0.39 is 6.04 Å². The highest BCUT2D eigenvalue weighted by atomic mass is 35.5. The van der Waals surface area contributed by atoms with Crippen molar-refractivity contribution in [2.45, 2.75) is 32.2 Å². The van der Waals surface area contributed by atoms with E-state index in [1.54, 1.807) is 31.0 Å². The van der Waals surface area contributed by atoms with E-state index in [1.807, 2.05) is 37.3 Å². The molecule has 0 saturated carbocycles. The van der Waals surface area contributed by atoms with Crippen LogP contribution in [0, 0.1) is 6.92 Å². The van der Waals surface area contributed by atoms with Crippen LogP contribution < -0.4 is 5.32 Å². The van der Waals surface area contributed by atoms with Crippen molar-refractivity contribution in [2.75, 3.05) is 12.8 Å². The number of aryl methyl sites for hydroxylation is 1. The molecule has 0 spiro atoms. The largest absolute Gasteiger partial charge is 0.357 e. The van der Waals surface area contributed by atoms with Crippen molar-refractivity contribution in [3.05, 3.63) is 69.2 Å². The molecule has 150 valence electrons. The number of halogens is 2. The van der Waals surface area contributed by atoms with Gasteiger partial charge < -0.3 is 10.2 Å². The Balaban J connectivity index is 2.07. The summed E-state index contributed by atoms with van der Waals surface area (Å²) in [5.41, 5.74) is 3.04. The molecule has 28 heavy (non-hydrogen) atoms. The number of nitrogens with one attached hydrogen (secondary N) is 1. The van der Waals surface area contributed by atoms with Crippen LogP contribution in [0.2, 0.25) is 10.0 Å². The highest BCUT2D eigenvalue weighted by molar-refractivity contribution is 7.99. The van der Waals surface area contributed by atoms with Gasteiger partial charge in [0.25, 0.3) is 0 Å². The summed E-state index contributed by atoms with van der Waals surface area (Å²) in [4.78, 5) is 26.7. The van der Waals surface area contributed by atoms with Gasteiger partial charge in [-0.15, -0.1) is 11.8 Å². The standard InChI is InChI=1S/C21H24Cl2N2O2S/c1-14-6-4-5-7-16(14)11-25(15(2)21(27)24-3)20(26)13-28-12-17-8-9-18(22)10-19(17)23/h4-10,15H,11-13H2,1-3H3,(H,24,27). The van der Waals surface area contributed by atoms with Gasteiger partial charge in [0.15, 0.2) is 0 Å². The molecule has 0 aliphatic rings. The maximum absolute atomic E-state index is 12.9. The van der Waals surface area contributed by atoms with Crippen LogP contribution in [0.4, 0.5) is 0 Å². The number of carbonyl (C=O) groups excluding carboxylic acids is 2. The van der Waals surface area contributed by atoms with Crippen LogP contribution in [-0.4, -0.2) is 35.6 Å². The average Bonchev–Trinajstić information content (AvgIpc) is 2.67. The minimum Gasteiger partial charge on any atom is -0.357 e. The quantitative estimate of drug-likeness (QED) is 0.649. The molecule has 2 amide bonds. The summed E-state index contributed by atoms with van der Waals surface area (Å²) in [7, 11) is 1.58. The number of carbonyl (C=O) groups is 2. The first-order valence-corrected chi connectivity index (χ1v) is 10.8. The Hall–Kier alpha value is -1.69. The molecule has 0 aliphatic carbocycles. The number of amides is 2. The minimum atomic E-state index is -0.558. The number of hydrogen-bond acceptors (Lipinski definition) is 3. The van der Waals surface area contributed by atoms with Gasteiger partial charge in [-0.3, -0.25) is 9.59 Å². The fourth-order valence-corrected chi connectivity index (χ4v) is 4.20. The highest BCUT2D eigenvalue weighted by Crippen LogP contribution is 2.25. The average molecular weight is 439 g/mol. The van der Waals surface area contributed by atoms with E-state index >= 15 is 0 Å². The zero-order valence-electron chi connectivity index (χ0n) is 16.2. The molecule has 2 rings (SSSR count). The highest BCUT2D eigenvalue weighted by Gasteiger charge is 2.25. The molecule has 4 nitrogen and oxygen atoms in total. The lowest BCUT2D eigenvalue weighted by Gasteiger charge is -2.29. The zero-order valence-corrected chi connectivity index (χ0v) is 18.5. The Bertz CT molecular complexity index is 845. The van der Waals surface area contributed by atoms with E-state index in [-0.39, 0.29) is 17.6 Å². The lowest BCUT2D eigenvalue weighted by molar-refractivity contribution is -0.138. The molecule has 1 unspecified atom stereocenters. The SMILES string of the molecule is CNC(=O)C(C)N(Cc1ccccc1C)C(=O)CSCc1ccc(Cl)cc1Cl. The van der Waals surface area contributed by atoms with E-state index in [0.717, 1.165) is 16.7 Å². The molecule has 1 atom stereocenters. The second-order valence-electron chi connectivity index (χ2n) is 6.47. The molecule has 0 bridgehead atoms. The third kappa shape index (κ3) is 6.16. The fraction of sp³-hybridized carbons (Fsp3) is 0.333. The predicted molar refractivity (Wildman–Crippen MR) is 118 cm³/mol. The topological polar surface area (TPSA) is 49.4 Å². The normalized spacial score (nSPS) is 11.8. The van der Waals surface area contributed by atoms with Gasteiger partial charge in [-0.25, -0.2) is 0 Å². The Morgan fingerprint density at radius 2 is 1.86 bits per heavy atom. The molecular weight excluding hydrogens is 415 g/mol. The van der Waals surface area contributed by atoms with E-state index in [1.165, 1.54) is 11.8 Å². The van der Waals surface area contributed by atoms with Gasteiger partial charge in [0.05, 0.1) is 5.75 Å². The summed E-state index contributed by atoms with van der Waals surface area (Å²) in [5, 5.41) is 3.79. The zero-order chi connectivity index (χ0) is 20.7. The number of nitrogens with zero attached hydrogens (tertiary/aromatic N) is 1. The van der Waals surface area contributed by atoms with Crippen molar-refractivity contribution in [2.24, 2.45) is 0 Å². The van der Waals surface area contributed by atoms with Crippen LogP contribution in [0.1, 0.15) is 23.6 Å².